The van der Waals surface area contributed by atoms with Crippen molar-refractivity contribution in [1.82, 2.24) is 18.7 Å². The second-order valence-electron chi connectivity index (χ2n) is 5.30. The van der Waals surface area contributed by atoms with E-state index in [0.717, 1.165) is 0 Å². The Morgan fingerprint density at radius 3 is 2.48 bits per heavy atom. The van der Waals surface area contributed by atoms with E-state index < -0.39 is 10.0 Å². The maximum atomic E-state index is 12.7. The van der Waals surface area contributed by atoms with E-state index in [-0.39, 0.29) is 17.1 Å². The van der Waals surface area contributed by atoms with Crippen molar-refractivity contribution < 1.29 is 13.2 Å². The van der Waals surface area contributed by atoms with Crippen LogP contribution in [0.4, 0.5) is 0 Å². The van der Waals surface area contributed by atoms with E-state index in [2.05, 4.69) is 5.10 Å². The second kappa shape index (κ2) is 5.82. The summed E-state index contributed by atoms with van der Waals surface area (Å²) in [5, 5.41) is 4.15. The van der Waals surface area contributed by atoms with Crippen LogP contribution in [-0.2, 0) is 30.0 Å². The number of hydrogen-bond acceptors (Lipinski definition) is 5. The molecule has 0 bridgehead atoms. The Balaban J connectivity index is 1.86. The largest absolute Gasteiger partial charge is 0.497 e. The minimum atomic E-state index is -3.60. The predicted octanol–water partition coefficient (Wildman–Crippen LogP) is -0.163. The summed E-state index contributed by atoms with van der Waals surface area (Å²) in [6.07, 6.45) is 0.408. The van der Waals surface area contributed by atoms with Gasteiger partial charge in [0.1, 0.15) is 11.6 Å². The van der Waals surface area contributed by atoms with Crippen LogP contribution in [0, 0.1) is 0 Å². The molecule has 0 N–H and O–H groups in total. The highest BCUT2D eigenvalue weighted by Gasteiger charge is 2.28. The van der Waals surface area contributed by atoms with E-state index in [9.17, 15) is 13.2 Å². The predicted molar refractivity (Wildman–Crippen MR) is 82.9 cm³/mol. The van der Waals surface area contributed by atoms with E-state index >= 15 is 0 Å². The molecule has 1 aliphatic rings. The van der Waals surface area contributed by atoms with Gasteiger partial charge in [0.15, 0.2) is 0 Å². The normalized spacial score (nSPS) is 15.9. The van der Waals surface area contributed by atoms with E-state index in [4.69, 9.17) is 4.74 Å². The first kappa shape index (κ1) is 15.8. The van der Waals surface area contributed by atoms with E-state index in [1.807, 2.05) is 0 Å². The molecule has 0 amide bonds. The van der Waals surface area contributed by atoms with Gasteiger partial charge in [0.05, 0.1) is 12.0 Å². The van der Waals surface area contributed by atoms with Crippen LogP contribution in [0.2, 0.25) is 0 Å². The number of nitrogens with zero attached hydrogens (tertiary/aromatic N) is 4. The zero-order valence-corrected chi connectivity index (χ0v) is 13.8. The van der Waals surface area contributed by atoms with Gasteiger partial charge in [0.25, 0.3) is 0 Å². The van der Waals surface area contributed by atoms with E-state index in [1.165, 1.54) is 32.8 Å². The molecule has 0 saturated heterocycles. The maximum absolute atomic E-state index is 12.7. The van der Waals surface area contributed by atoms with Crippen LogP contribution in [0.3, 0.4) is 0 Å². The molecule has 1 aromatic heterocycles. The average molecular weight is 338 g/mol. The minimum absolute atomic E-state index is 0.214. The number of fused-ring (bicyclic) bond motifs is 1. The molecule has 124 valence electrons. The minimum Gasteiger partial charge on any atom is -0.497 e. The third kappa shape index (κ3) is 2.77. The van der Waals surface area contributed by atoms with Gasteiger partial charge in [-0.05, 0) is 24.3 Å². The number of ether oxygens (including phenoxy) is 1. The highest BCUT2D eigenvalue weighted by Crippen LogP contribution is 2.20. The Morgan fingerprint density at radius 2 is 1.83 bits per heavy atom. The number of sulfonamides is 1. The van der Waals surface area contributed by atoms with Crippen molar-refractivity contribution in [2.45, 2.75) is 17.9 Å². The first-order valence-corrected chi connectivity index (χ1v) is 8.64. The Kier molecular flexibility index (Phi) is 3.99. The zero-order chi connectivity index (χ0) is 16.6. The summed E-state index contributed by atoms with van der Waals surface area (Å²) in [7, 11) is -0.480. The van der Waals surface area contributed by atoms with Gasteiger partial charge in [0, 0.05) is 33.1 Å². The van der Waals surface area contributed by atoms with Crippen molar-refractivity contribution in [3.05, 3.63) is 40.6 Å². The van der Waals surface area contributed by atoms with Crippen LogP contribution >= 0.6 is 0 Å². The Morgan fingerprint density at radius 1 is 1.13 bits per heavy atom. The molecule has 0 saturated carbocycles. The van der Waals surface area contributed by atoms with Crippen molar-refractivity contribution >= 4 is 10.0 Å². The summed E-state index contributed by atoms with van der Waals surface area (Å²) in [6, 6.07) is 6.28. The molecule has 8 nitrogen and oxygen atoms in total. The molecule has 0 spiro atoms. The quantitative estimate of drug-likeness (QED) is 0.776. The standard InChI is InChI=1S/C14H18N4O4S/c1-16-14(19)18-10-9-17(8-7-13(18)15-16)23(20,21)12-5-3-11(22-2)4-6-12/h3-6H,7-10H2,1-2H3. The number of rotatable bonds is 3. The molecule has 1 aromatic carbocycles. The van der Waals surface area contributed by atoms with Crippen molar-refractivity contribution in [1.29, 1.82) is 0 Å². The highest BCUT2D eigenvalue weighted by atomic mass is 32.2. The molecule has 23 heavy (non-hydrogen) atoms. The molecular formula is C14H18N4O4S. The third-order valence-corrected chi connectivity index (χ3v) is 5.85. The molecule has 0 radical (unpaired) electrons. The van der Waals surface area contributed by atoms with Gasteiger partial charge >= 0.3 is 5.69 Å². The lowest BCUT2D eigenvalue weighted by Crippen LogP contribution is -2.35. The van der Waals surface area contributed by atoms with Crippen molar-refractivity contribution in [3.63, 3.8) is 0 Å². The molecule has 0 aliphatic carbocycles. The van der Waals surface area contributed by atoms with Crippen molar-refractivity contribution in [3.8, 4) is 5.75 Å². The summed E-state index contributed by atoms with van der Waals surface area (Å²) in [5.41, 5.74) is -0.219. The fourth-order valence-corrected chi connectivity index (χ4v) is 4.08. The monoisotopic (exact) mass is 338 g/mol. The fourth-order valence-electron chi connectivity index (χ4n) is 2.65. The lowest BCUT2D eigenvalue weighted by Gasteiger charge is -2.19. The Labute approximate surface area is 134 Å². The van der Waals surface area contributed by atoms with Crippen LogP contribution in [0.25, 0.3) is 0 Å². The molecular weight excluding hydrogens is 320 g/mol. The fraction of sp³-hybridized carbons (Fsp3) is 0.429. The first-order valence-electron chi connectivity index (χ1n) is 7.20. The van der Waals surface area contributed by atoms with Crippen molar-refractivity contribution in [2.75, 3.05) is 20.2 Å². The van der Waals surface area contributed by atoms with Gasteiger partial charge in [-0.25, -0.2) is 17.9 Å². The smallest absolute Gasteiger partial charge is 0.345 e. The molecule has 2 heterocycles. The van der Waals surface area contributed by atoms with Crippen LogP contribution in [-0.4, -0.2) is 47.3 Å². The number of aryl methyl sites for hydroxylation is 1. The van der Waals surface area contributed by atoms with Gasteiger partial charge in [-0.15, -0.1) is 0 Å². The number of benzene rings is 1. The molecule has 2 aromatic rings. The number of hydrogen-bond donors (Lipinski definition) is 0. The van der Waals surface area contributed by atoms with Gasteiger partial charge in [0.2, 0.25) is 10.0 Å². The summed E-state index contributed by atoms with van der Waals surface area (Å²) in [6.45, 7) is 0.842. The second-order valence-corrected chi connectivity index (χ2v) is 7.24. The molecule has 3 rings (SSSR count). The Bertz CT molecular complexity index is 867. The summed E-state index contributed by atoms with van der Waals surface area (Å²) < 4.78 is 34.7. The van der Waals surface area contributed by atoms with E-state index in [0.29, 0.717) is 31.1 Å². The molecule has 1 aliphatic heterocycles. The zero-order valence-electron chi connectivity index (χ0n) is 13.0. The number of aromatic nitrogens is 3. The van der Waals surface area contributed by atoms with Gasteiger partial charge < -0.3 is 4.74 Å². The SMILES string of the molecule is COc1ccc(S(=O)(=O)N2CCc3nn(C)c(=O)n3CC2)cc1. The Hall–Kier alpha value is -2.13. The summed E-state index contributed by atoms with van der Waals surface area (Å²) >= 11 is 0. The lowest BCUT2D eigenvalue weighted by atomic mass is 10.3. The summed E-state index contributed by atoms with van der Waals surface area (Å²) in [5.74, 6) is 1.22. The topological polar surface area (TPSA) is 86.4 Å². The lowest BCUT2D eigenvalue weighted by molar-refractivity contribution is 0.409. The average Bonchev–Trinajstić information content (AvgIpc) is 2.72. The molecule has 0 fully saturated rings. The van der Waals surface area contributed by atoms with E-state index in [1.54, 1.807) is 19.2 Å². The van der Waals surface area contributed by atoms with Crippen LogP contribution in [0.1, 0.15) is 5.82 Å². The van der Waals surface area contributed by atoms with Crippen LogP contribution in [0.5, 0.6) is 5.75 Å². The molecule has 0 atom stereocenters. The third-order valence-electron chi connectivity index (χ3n) is 3.94. The molecule has 9 heteroatoms. The molecule has 0 unspecified atom stereocenters. The van der Waals surface area contributed by atoms with Crippen LogP contribution in [0.15, 0.2) is 34.0 Å². The van der Waals surface area contributed by atoms with Crippen LogP contribution < -0.4 is 10.4 Å². The van der Waals surface area contributed by atoms with Gasteiger partial charge in [-0.2, -0.15) is 9.40 Å². The highest BCUT2D eigenvalue weighted by molar-refractivity contribution is 7.89. The summed E-state index contributed by atoms with van der Waals surface area (Å²) in [4.78, 5) is 12.2. The number of methoxy groups -OCH3 is 1. The van der Waals surface area contributed by atoms with Crippen molar-refractivity contribution in [2.24, 2.45) is 7.05 Å². The first-order chi connectivity index (χ1) is 10.9. The maximum Gasteiger partial charge on any atom is 0.345 e. The van der Waals surface area contributed by atoms with Gasteiger partial charge in [-0.1, -0.05) is 0 Å². The van der Waals surface area contributed by atoms with Gasteiger partial charge in [-0.3, -0.25) is 4.57 Å².